The summed E-state index contributed by atoms with van der Waals surface area (Å²) in [5, 5.41) is 0.569. The third kappa shape index (κ3) is 5.04. The lowest BCUT2D eigenvalue weighted by atomic mass is 10.2. The molecule has 0 fully saturated rings. The van der Waals surface area contributed by atoms with Gasteiger partial charge in [-0.25, -0.2) is 4.98 Å². The predicted octanol–water partition coefficient (Wildman–Crippen LogP) is 2.51. The van der Waals surface area contributed by atoms with Gasteiger partial charge >= 0.3 is 5.97 Å². The van der Waals surface area contributed by atoms with Crippen LogP contribution in [0.4, 0.5) is 5.82 Å². The number of carbonyl (C=O) groups is 1. The predicted molar refractivity (Wildman–Crippen MR) is 68.4 cm³/mol. The summed E-state index contributed by atoms with van der Waals surface area (Å²) in [6.45, 7) is 5.67. The summed E-state index contributed by atoms with van der Waals surface area (Å²) in [7, 11) is 1.78. The number of ether oxygens (including phenoxy) is 1. The largest absolute Gasteiger partial charge is 0.459 e. The summed E-state index contributed by atoms with van der Waals surface area (Å²) < 4.78 is 5.22. The molecule has 0 bridgehead atoms. The number of hydrogen-bond acceptors (Lipinski definition) is 4. The zero-order valence-corrected chi connectivity index (χ0v) is 11.3. The van der Waals surface area contributed by atoms with Crippen LogP contribution in [0.5, 0.6) is 0 Å². The summed E-state index contributed by atoms with van der Waals surface area (Å²) in [6.07, 6.45) is 1.54. The van der Waals surface area contributed by atoms with Crippen molar-refractivity contribution in [3.8, 4) is 0 Å². The second-order valence-corrected chi connectivity index (χ2v) is 5.21. The molecule has 0 aliphatic rings. The number of nitrogens with zero attached hydrogens (tertiary/aromatic N) is 2. The van der Waals surface area contributed by atoms with Gasteiger partial charge in [0.1, 0.15) is 18.0 Å². The fourth-order valence-corrected chi connectivity index (χ4v) is 1.35. The summed E-state index contributed by atoms with van der Waals surface area (Å²) in [5.74, 6) is 0.400. The highest BCUT2D eigenvalue weighted by atomic mass is 35.5. The average molecular weight is 257 g/mol. The summed E-state index contributed by atoms with van der Waals surface area (Å²) >= 11 is 5.74. The van der Waals surface area contributed by atoms with Crippen molar-refractivity contribution in [2.75, 3.05) is 18.5 Å². The van der Waals surface area contributed by atoms with Gasteiger partial charge in [0, 0.05) is 13.2 Å². The van der Waals surface area contributed by atoms with E-state index in [1.54, 1.807) is 30.3 Å². The molecule has 94 valence electrons. The molecule has 0 atom stereocenters. The highest BCUT2D eigenvalue weighted by molar-refractivity contribution is 6.30. The highest BCUT2D eigenvalue weighted by Crippen LogP contribution is 2.13. The molecule has 0 unspecified atom stereocenters. The molecule has 1 aromatic heterocycles. The van der Waals surface area contributed by atoms with Gasteiger partial charge in [0.15, 0.2) is 0 Å². The molecule has 1 heterocycles. The number of likely N-dealkylation sites (N-methyl/N-ethyl adjacent to an activating group) is 1. The molecule has 1 aromatic rings. The van der Waals surface area contributed by atoms with E-state index < -0.39 is 5.60 Å². The Bertz CT molecular complexity index is 384. The Morgan fingerprint density at radius 3 is 2.59 bits per heavy atom. The Balaban J connectivity index is 2.57. The molecule has 1 rings (SSSR count). The van der Waals surface area contributed by atoms with E-state index in [0.29, 0.717) is 10.8 Å². The summed E-state index contributed by atoms with van der Waals surface area (Å²) in [6, 6.07) is 3.49. The second kappa shape index (κ2) is 5.36. The van der Waals surface area contributed by atoms with Crippen molar-refractivity contribution in [1.29, 1.82) is 0 Å². The number of aromatic nitrogens is 1. The molecule has 4 nitrogen and oxygen atoms in total. The van der Waals surface area contributed by atoms with Crippen LogP contribution in [0, 0.1) is 0 Å². The maximum atomic E-state index is 11.6. The Kier molecular flexibility index (Phi) is 4.34. The van der Waals surface area contributed by atoms with Crippen molar-refractivity contribution in [3.63, 3.8) is 0 Å². The first-order valence-corrected chi connectivity index (χ1v) is 5.70. The molecule has 0 N–H and O–H groups in total. The lowest BCUT2D eigenvalue weighted by Gasteiger charge is -2.22. The van der Waals surface area contributed by atoms with Crippen LogP contribution in [0.15, 0.2) is 18.3 Å². The minimum absolute atomic E-state index is 0.159. The number of anilines is 1. The molecule has 17 heavy (non-hydrogen) atoms. The monoisotopic (exact) mass is 256 g/mol. The minimum atomic E-state index is -0.467. The van der Waals surface area contributed by atoms with Crippen LogP contribution >= 0.6 is 11.6 Å². The zero-order valence-electron chi connectivity index (χ0n) is 10.5. The van der Waals surface area contributed by atoms with Gasteiger partial charge in [-0.3, -0.25) is 4.79 Å². The molecule has 0 aromatic carbocycles. The van der Waals surface area contributed by atoms with E-state index in [-0.39, 0.29) is 12.5 Å². The van der Waals surface area contributed by atoms with Crippen LogP contribution in [0.25, 0.3) is 0 Å². The van der Waals surface area contributed by atoms with Crippen molar-refractivity contribution >= 4 is 23.4 Å². The van der Waals surface area contributed by atoms with Crippen LogP contribution in [-0.4, -0.2) is 30.1 Å². The van der Waals surface area contributed by atoms with E-state index in [1.807, 2.05) is 20.8 Å². The first-order chi connectivity index (χ1) is 7.78. The average Bonchev–Trinajstić information content (AvgIpc) is 2.15. The number of rotatable bonds is 3. The van der Waals surface area contributed by atoms with Gasteiger partial charge in [-0.2, -0.15) is 0 Å². The standard InChI is InChI=1S/C12H17ClN2O2/c1-12(2,3)17-11(16)8-15(4)10-6-5-9(13)7-14-10/h5-7H,8H2,1-4H3. The number of carbonyl (C=O) groups excluding carboxylic acids is 1. The van der Waals surface area contributed by atoms with E-state index in [9.17, 15) is 4.79 Å². The molecule has 0 spiro atoms. The van der Waals surface area contributed by atoms with Crippen LogP contribution < -0.4 is 4.90 Å². The molecular weight excluding hydrogens is 240 g/mol. The smallest absolute Gasteiger partial charge is 0.326 e. The molecular formula is C12H17ClN2O2. The number of halogens is 1. The molecule has 5 heteroatoms. The van der Waals surface area contributed by atoms with Gasteiger partial charge in [-0.05, 0) is 32.9 Å². The molecule has 0 radical (unpaired) electrons. The first-order valence-electron chi connectivity index (χ1n) is 5.32. The van der Waals surface area contributed by atoms with Crippen molar-refractivity contribution < 1.29 is 9.53 Å². The minimum Gasteiger partial charge on any atom is -0.459 e. The Hall–Kier alpha value is -1.29. The Morgan fingerprint density at radius 2 is 2.12 bits per heavy atom. The van der Waals surface area contributed by atoms with Gasteiger partial charge < -0.3 is 9.64 Å². The molecule has 0 amide bonds. The third-order valence-electron chi connectivity index (χ3n) is 1.89. The van der Waals surface area contributed by atoms with Gasteiger partial charge in [0.05, 0.1) is 5.02 Å². The van der Waals surface area contributed by atoms with Crippen LogP contribution in [0.1, 0.15) is 20.8 Å². The van der Waals surface area contributed by atoms with Crippen LogP contribution in [0.3, 0.4) is 0 Å². The van der Waals surface area contributed by atoms with Crippen LogP contribution in [0.2, 0.25) is 5.02 Å². The molecule has 0 aliphatic carbocycles. The van der Waals surface area contributed by atoms with E-state index in [0.717, 1.165) is 0 Å². The van der Waals surface area contributed by atoms with Crippen molar-refractivity contribution in [2.24, 2.45) is 0 Å². The van der Waals surface area contributed by atoms with E-state index in [2.05, 4.69) is 4.98 Å². The maximum Gasteiger partial charge on any atom is 0.326 e. The van der Waals surface area contributed by atoms with Gasteiger partial charge in [0.25, 0.3) is 0 Å². The van der Waals surface area contributed by atoms with E-state index in [4.69, 9.17) is 16.3 Å². The highest BCUT2D eigenvalue weighted by Gasteiger charge is 2.17. The Labute approximate surface area is 107 Å². The maximum absolute atomic E-state index is 11.6. The fraction of sp³-hybridized carbons (Fsp3) is 0.500. The van der Waals surface area contributed by atoms with Gasteiger partial charge in [-0.1, -0.05) is 11.6 Å². The first kappa shape index (κ1) is 13.8. The molecule has 0 saturated carbocycles. The SMILES string of the molecule is CN(CC(=O)OC(C)(C)C)c1ccc(Cl)cn1. The van der Waals surface area contributed by atoms with E-state index >= 15 is 0 Å². The number of hydrogen-bond donors (Lipinski definition) is 0. The molecule has 0 saturated heterocycles. The van der Waals surface area contributed by atoms with Crippen molar-refractivity contribution in [1.82, 2.24) is 4.98 Å². The lowest BCUT2D eigenvalue weighted by molar-refractivity contribution is -0.152. The topological polar surface area (TPSA) is 42.4 Å². The lowest BCUT2D eigenvalue weighted by Crippen LogP contribution is -2.33. The van der Waals surface area contributed by atoms with Crippen molar-refractivity contribution in [3.05, 3.63) is 23.4 Å². The van der Waals surface area contributed by atoms with E-state index in [1.165, 1.54) is 0 Å². The molecule has 0 aliphatic heterocycles. The van der Waals surface area contributed by atoms with Crippen LogP contribution in [-0.2, 0) is 9.53 Å². The normalized spacial score (nSPS) is 11.1. The Morgan fingerprint density at radius 1 is 1.47 bits per heavy atom. The second-order valence-electron chi connectivity index (χ2n) is 4.78. The number of esters is 1. The fourth-order valence-electron chi connectivity index (χ4n) is 1.24. The van der Waals surface area contributed by atoms with Gasteiger partial charge in [0.2, 0.25) is 0 Å². The third-order valence-corrected chi connectivity index (χ3v) is 2.11. The van der Waals surface area contributed by atoms with Crippen molar-refractivity contribution in [2.45, 2.75) is 26.4 Å². The summed E-state index contributed by atoms with van der Waals surface area (Å²) in [4.78, 5) is 17.4. The zero-order chi connectivity index (χ0) is 13.1. The summed E-state index contributed by atoms with van der Waals surface area (Å²) in [5.41, 5.74) is -0.467. The number of pyridine rings is 1. The quantitative estimate of drug-likeness (QED) is 0.780. The van der Waals surface area contributed by atoms with Gasteiger partial charge in [-0.15, -0.1) is 0 Å².